The van der Waals surface area contributed by atoms with Crippen LogP contribution in [0.25, 0.3) is 0 Å². The van der Waals surface area contributed by atoms with Gasteiger partial charge in [-0.2, -0.15) is 0 Å². The highest BCUT2D eigenvalue weighted by atomic mass is 32.1. The Kier molecular flexibility index (Phi) is 4.86. The summed E-state index contributed by atoms with van der Waals surface area (Å²) < 4.78 is 0. The third-order valence-electron chi connectivity index (χ3n) is 3.05. The molecule has 1 aliphatic heterocycles. The fraction of sp³-hybridized carbons (Fsp3) is 0.727. The van der Waals surface area contributed by atoms with Gasteiger partial charge in [-0.15, -0.1) is 0 Å². The number of carbonyl (C=O) groups is 2. The van der Waals surface area contributed by atoms with E-state index in [9.17, 15) is 9.59 Å². The smallest absolute Gasteiger partial charge is 0.242 e. The van der Waals surface area contributed by atoms with Crippen molar-refractivity contribution in [3.63, 3.8) is 0 Å². The standard InChI is InChI=1S/C11H19N3O2S/c1-3-7(9(12)17)11(16)14-6-5-13-10(15)8(14)4-2/h7-8H,3-6H2,1-2H3,(H2,12,17)(H,13,15). The van der Waals surface area contributed by atoms with Crippen molar-refractivity contribution in [3.05, 3.63) is 0 Å². The molecule has 1 rings (SSSR count). The predicted octanol–water partition coefficient (Wildman–Crippen LogP) is 0.0357. The average Bonchev–Trinajstić information content (AvgIpc) is 2.28. The second-order valence-electron chi connectivity index (χ2n) is 4.11. The summed E-state index contributed by atoms with van der Waals surface area (Å²) in [6.45, 7) is 4.78. The van der Waals surface area contributed by atoms with Gasteiger partial charge >= 0.3 is 0 Å². The number of nitrogens with two attached hydrogens (primary N) is 1. The van der Waals surface area contributed by atoms with Gasteiger partial charge in [-0.05, 0) is 12.8 Å². The Bertz CT molecular complexity index is 333. The molecule has 1 aliphatic rings. The Balaban J connectivity index is 2.85. The van der Waals surface area contributed by atoms with Gasteiger partial charge in [0.05, 0.1) is 10.9 Å². The van der Waals surface area contributed by atoms with Gasteiger partial charge in [-0.1, -0.05) is 26.1 Å². The molecule has 0 aromatic rings. The number of amides is 2. The average molecular weight is 257 g/mol. The van der Waals surface area contributed by atoms with Crippen LogP contribution in [-0.4, -0.2) is 40.8 Å². The third-order valence-corrected chi connectivity index (χ3v) is 3.33. The minimum Gasteiger partial charge on any atom is -0.393 e. The summed E-state index contributed by atoms with van der Waals surface area (Å²) in [5, 5.41) is 2.76. The number of rotatable bonds is 4. The molecule has 1 heterocycles. The Morgan fingerprint density at radius 3 is 2.76 bits per heavy atom. The van der Waals surface area contributed by atoms with Crippen LogP contribution in [0.3, 0.4) is 0 Å². The normalized spacial score (nSPS) is 21.9. The number of piperazine rings is 1. The maximum Gasteiger partial charge on any atom is 0.242 e. The van der Waals surface area contributed by atoms with Crippen LogP contribution in [0.2, 0.25) is 0 Å². The number of thiocarbonyl (C=S) groups is 1. The molecule has 0 bridgehead atoms. The first-order valence-electron chi connectivity index (χ1n) is 5.90. The number of nitrogens with one attached hydrogen (secondary N) is 1. The van der Waals surface area contributed by atoms with Crippen molar-refractivity contribution >= 4 is 29.0 Å². The minimum atomic E-state index is -0.454. The summed E-state index contributed by atoms with van der Waals surface area (Å²) in [4.78, 5) is 25.7. The Hall–Kier alpha value is -1.17. The quantitative estimate of drug-likeness (QED) is 0.697. The third kappa shape index (κ3) is 2.94. The molecule has 3 N–H and O–H groups in total. The van der Waals surface area contributed by atoms with Gasteiger partial charge in [0.15, 0.2) is 0 Å². The SMILES string of the molecule is CCC(C(=O)N1CCNC(=O)C1CC)C(N)=S. The summed E-state index contributed by atoms with van der Waals surface area (Å²) in [6, 6.07) is -0.389. The molecule has 5 nitrogen and oxygen atoms in total. The van der Waals surface area contributed by atoms with Crippen LogP contribution in [0.5, 0.6) is 0 Å². The topological polar surface area (TPSA) is 75.4 Å². The van der Waals surface area contributed by atoms with E-state index in [1.54, 1.807) is 4.90 Å². The van der Waals surface area contributed by atoms with Crippen LogP contribution in [0.15, 0.2) is 0 Å². The molecule has 0 radical (unpaired) electrons. The van der Waals surface area contributed by atoms with Crippen molar-refractivity contribution < 1.29 is 9.59 Å². The number of carbonyl (C=O) groups excluding carboxylic acids is 2. The Morgan fingerprint density at radius 2 is 2.29 bits per heavy atom. The second-order valence-corrected chi connectivity index (χ2v) is 4.58. The number of nitrogens with zero attached hydrogens (tertiary/aromatic N) is 1. The van der Waals surface area contributed by atoms with Crippen molar-refractivity contribution in [1.29, 1.82) is 0 Å². The van der Waals surface area contributed by atoms with E-state index >= 15 is 0 Å². The highest BCUT2D eigenvalue weighted by molar-refractivity contribution is 7.80. The van der Waals surface area contributed by atoms with E-state index in [0.29, 0.717) is 25.9 Å². The summed E-state index contributed by atoms with van der Waals surface area (Å²) >= 11 is 4.90. The summed E-state index contributed by atoms with van der Waals surface area (Å²) in [5.74, 6) is -0.670. The lowest BCUT2D eigenvalue weighted by atomic mass is 10.0. The molecule has 96 valence electrons. The van der Waals surface area contributed by atoms with Crippen LogP contribution in [0.1, 0.15) is 26.7 Å². The van der Waals surface area contributed by atoms with Crippen LogP contribution in [0, 0.1) is 5.92 Å². The molecule has 0 aromatic carbocycles. The molecule has 0 spiro atoms. The highest BCUT2D eigenvalue weighted by Gasteiger charge is 2.35. The lowest BCUT2D eigenvalue weighted by Crippen LogP contribution is -2.58. The molecule has 6 heteroatoms. The lowest BCUT2D eigenvalue weighted by molar-refractivity contribution is -0.144. The molecule has 2 amide bonds. The zero-order valence-corrected chi connectivity index (χ0v) is 11.0. The summed E-state index contributed by atoms with van der Waals surface area (Å²) in [5.41, 5.74) is 5.56. The first kappa shape index (κ1) is 13.9. The molecular weight excluding hydrogens is 238 g/mol. The molecule has 0 aromatic heterocycles. The highest BCUT2D eigenvalue weighted by Crippen LogP contribution is 2.15. The lowest BCUT2D eigenvalue weighted by Gasteiger charge is -2.36. The van der Waals surface area contributed by atoms with Gasteiger partial charge in [0, 0.05) is 13.1 Å². The zero-order chi connectivity index (χ0) is 13.0. The van der Waals surface area contributed by atoms with Crippen molar-refractivity contribution in [2.24, 2.45) is 11.7 Å². The summed E-state index contributed by atoms with van der Waals surface area (Å²) in [7, 11) is 0. The van der Waals surface area contributed by atoms with Gasteiger partial charge in [-0.3, -0.25) is 9.59 Å². The fourth-order valence-electron chi connectivity index (χ4n) is 2.08. The van der Waals surface area contributed by atoms with Crippen LogP contribution in [0.4, 0.5) is 0 Å². The summed E-state index contributed by atoms with van der Waals surface area (Å²) in [6.07, 6.45) is 1.17. The largest absolute Gasteiger partial charge is 0.393 e. The Morgan fingerprint density at radius 1 is 1.65 bits per heavy atom. The molecule has 2 unspecified atom stereocenters. The van der Waals surface area contributed by atoms with Crippen LogP contribution in [-0.2, 0) is 9.59 Å². The van der Waals surface area contributed by atoms with E-state index in [0.717, 1.165) is 0 Å². The molecule has 17 heavy (non-hydrogen) atoms. The predicted molar refractivity (Wildman–Crippen MR) is 69.4 cm³/mol. The number of hydrogen-bond acceptors (Lipinski definition) is 3. The monoisotopic (exact) mass is 257 g/mol. The van der Waals surface area contributed by atoms with Gasteiger partial charge < -0.3 is 16.0 Å². The second kappa shape index (κ2) is 5.95. The zero-order valence-electron chi connectivity index (χ0n) is 10.2. The van der Waals surface area contributed by atoms with Gasteiger partial charge in [0.25, 0.3) is 0 Å². The first-order chi connectivity index (χ1) is 8.02. The van der Waals surface area contributed by atoms with E-state index in [4.69, 9.17) is 18.0 Å². The van der Waals surface area contributed by atoms with Crippen molar-refractivity contribution in [3.8, 4) is 0 Å². The maximum atomic E-state index is 12.3. The molecule has 0 saturated carbocycles. The van der Waals surface area contributed by atoms with E-state index in [1.165, 1.54) is 0 Å². The first-order valence-corrected chi connectivity index (χ1v) is 6.31. The van der Waals surface area contributed by atoms with Gasteiger partial charge in [0.1, 0.15) is 6.04 Å². The van der Waals surface area contributed by atoms with Gasteiger partial charge in [0.2, 0.25) is 11.8 Å². The Labute approximate surface area is 107 Å². The van der Waals surface area contributed by atoms with Crippen molar-refractivity contribution in [2.45, 2.75) is 32.7 Å². The van der Waals surface area contributed by atoms with E-state index in [-0.39, 0.29) is 22.8 Å². The molecule has 1 saturated heterocycles. The fourth-order valence-corrected chi connectivity index (χ4v) is 2.35. The van der Waals surface area contributed by atoms with Crippen LogP contribution >= 0.6 is 12.2 Å². The molecule has 0 aliphatic carbocycles. The van der Waals surface area contributed by atoms with Crippen molar-refractivity contribution in [1.82, 2.24) is 10.2 Å². The molecular formula is C11H19N3O2S. The molecule has 1 fully saturated rings. The van der Waals surface area contributed by atoms with Crippen molar-refractivity contribution in [2.75, 3.05) is 13.1 Å². The maximum absolute atomic E-state index is 12.3. The van der Waals surface area contributed by atoms with Gasteiger partial charge in [-0.25, -0.2) is 0 Å². The van der Waals surface area contributed by atoms with Crippen LogP contribution < -0.4 is 11.1 Å². The van der Waals surface area contributed by atoms with E-state index in [1.807, 2.05) is 13.8 Å². The van der Waals surface area contributed by atoms with E-state index < -0.39 is 5.92 Å². The number of hydrogen-bond donors (Lipinski definition) is 2. The minimum absolute atomic E-state index is 0.0927. The van der Waals surface area contributed by atoms with E-state index in [2.05, 4.69) is 5.32 Å². The molecule has 2 atom stereocenters.